The minimum absolute atomic E-state index is 0.0245. The second kappa shape index (κ2) is 39.7. The Morgan fingerprint density at radius 1 is 0.566 bits per heavy atom. The van der Waals surface area contributed by atoms with Crippen LogP contribution in [0.3, 0.4) is 0 Å². The highest BCUT2D eigenvalue weighted by atomic mass is 16.7. The molecule has 0 aromatic heterocycles. The van der Waals surface area contributed by atoms with Crippen LogP contribution in [0.15, 0.2) is 91.0 Å². The minimum atomic E-state index is -0.479. The number of amides is 2. The van der Waals surface area contributed by atoms with Crippen molar-refractivity contribution in [2.75, 3.05) is 19.8 Å². The van der Waals surface area contributed by atoms with E-state index in [-0.39, 0.29) is 48.4 Å². The number of ether oxygens (including phenoxy) is 5. The van der Waals surface area contributed by atoms with E-state index in [0.717, 1.165) is 87.4 Å². The highest BCUT2D eigenvalue weighted by Crippen LogP contribution is 2.36. The molecule has 1 saturated heterocycles. The van der Waals surface area contributed by atoms with Gasteiger partial charge in [-0.3, -0.25) is 9.59 Å². The molecule has 9 heteroatoms. The Morgan fingerprint density at radius 3 is 1.63 bits per heavy atom. The molecule has 0 bridgehead atoms. The smallest absolute Gasteiger partial charge is 0.223 e. The van der Waals surface area contributed by atoms with Crippen LogP contribution in [0.2, 0.25) is 0 Å². The number of rotatable bonds is 42. The summed E-state index contributed by atoms with van der Waals surface area (Å²) in [6, 6.07) is 30.6. The molecule has 8 atom stereocenters. The highest BCUT2D eigenvalue weighted by molar-refractivity contribution is 5.78. The van der Waals surface area contributed by atoms with Crippen LogP contribution >= 0.6 is 0 Å². The van der Waals surface area contributed by atoms with Crippen LogP contribution in [0.4, 0.5) is 0 Å². The first kappa shape index (κ1) is 63.2. The fourth-order valence-corrected chi connectivity index (χ4v) is 11.4. The number of carbonyl (C=O) groups is 2. The monoisotopic (exact) mass is 1050 g/mol. The van der Waals surface area contributed by atoms with Gasteiger partial charge in [0.2, 0.25) is 11.8 Å². The summed E-state index contributed by atoms with van der Waals surface area (Å²) >= 11 is 0. The Balaban J connectivity index is 1.21. The van der Waals surface area contributed by atoms with Crippen molar-refractivity contribution in [3.05, 3.63) is 108 Å². The lowest BCUT2D eigenvalue weighted by Gasteiger charge is -2.44. The predicted molar refractivity (Wildman–Crippen MR) is 312 cm³/mol. The SMILES string of the molecule is CCCCCCCCCCCCCC[C@@H](OCc1ccccc1)[C@@H](OCc1ccccc1)[C@H](CO[C@H]1OC(COCc2ccccc2)[C@H](C)[C@H](C)C1C)NC(=O)CCCCCCCCCCCNC(=O)C1CCCCC1. The van der Waals surface area contributed by atoms with E-state index in [9.17, 15) is 9.59 Å². The van der Waals surface area contributed by atoms with Crippen molar-refractivity contribution in [2.45, 2.75) is 258 Å². The van der Waals surface area contributed by atoms with Gasteiger partial charge in [0.1, 0.15) is 6.10 Å². The maximum Gasteiger partial charge on any atom is 0.223 e. The Labute approximate surface area is 462 Å². The fraction of sp³-hybridized carbons (Fsp3) is 0.701. The van der Waals surface area contributed by atoms with E-state index in [2.05, 4.69) is 99.0 Å². The van der Waals surface area contributed by atoms with E-state index in [0.29, 0.717) is 38.8 Å². The van der Waals surface area contributed by atoms with Gasteiger partial charge < -0.3 is 34.3 Å². The normalized spacial score (nSPS) is 20.2. The van der Waals surface area contributed by atoms with E-state index >= 15 is 0 Å². The Bertz CT molecular complexity index is 1880. The summed E-state index contributed by atoms with van der Waals surface area (Å²) in [5.74, 6) is 1.29. The quantitative estimate of drug-likeness (QED) is 0.0545. The molecule has 2 amide bonds. The summed E-state index contributed by atoms with van der Waals surface area (Å²) < 4.78 is 34.1. The molecular weight excluding hydrogens is 945 g/mol. The molecule has 1 aliphatic carbocycles. The van der Waals surface area contributed by atoms with Gasteiger partial charge in [-0.1, -0.05) is 260 Å². The highest BCUT2D eigenvalue weighted by Gasteiger charge is 2.41. The van der Waals surface area contributed by atoms with Crippen molar-refractivity contribution in [1.82, 2.24) is 10.6 Å². The van der Waals surface area contributed by atoms with Gasteiger partial charge in [-0.05, 0) is 60.6 Å². The van der Waals surface area contributed by atoms with Crippen molar-refractivity contribution < 1.29 is 33.3 Å². The maximum atomic E-state index is 14.3. The molecular formula is C67H106N2O7. The van der Waals surface area contributed by atoms with Gasteiger partial charge >= 0.3 is 0 Å². The molecule has 3 aromatic carbocycles. The van der Waals surface area contributed by atoms with Gasteiger partial charge in [0.25, 0.3) is 0 Å². The number of hydrogen-bond acceptors (Lipinski definition) is 7. The van der Waals surface area contributed by atoms with Crippen LogP contribution in [-0.4, -0.2) is 62.2 Å². The molecule has 2 unspecified atom stereocenters. The van der Waals surface area contributed by atoms with Crippen LogP contribution in [0.5, 0.6) is 0 Å². The summed E-state index contributed by atoms with van der Waals surface area (Å²) in [6.07, 6.45) is 31.1. The van der Waals surface area contributed by atoms with E-state index in [4.69, 9.17) is 23.7 Å². The Hall–Kier alpha value is -3.60. The van der Waals surface area contributed by atoms with E-state index in [1.54, 1.807) is 0 Å². The number of nitrogens with one attached hydrogen (secondary N) is 2. The topological polar surface area (TPSA) is 104 Å². The molecule has 2 N–H and O–H groups in total. The lowest BCUT2D eigenvalue weighted by atomic mass is 9.79. The van der Waals surface area contributed by atoms with Crippen molar-refractivity contribution in [1.29, 1.82) is 0 Å². The summed E-state index contributed by atoms with van der Waals surface area (Å²) in [6.45, 7) is 12.0. The first-order valence-corrected chi connectivity index (χ1v) is 31.1. The Kier molecular flexibility index (Phi) is 33.0. The first-order valence-electron chi connectivity index (χ1n) is 31.1. The average molecular weight is 1050 g/mol. The van der Waals surface area contributed by atoms with Crippen LogP contribution in [0, 0.1) is 23.7 Å². The summed E-state index contributed by atoms with van der Waals surface area (Å²) in [5.41, 5.74) is 3.33. The zero-order valence-corrected chi connectivity index (χ0v) is 48.3. The minimum Gasteiger partial charge on any atom is -0.374 e. The van der Waals surface area contributed by atoms with Gasteiger partial charge in [-0.2, -0.15) is 0 Å². The van der Waals surface area contributed by atoms with E-state index < -0.39 is 18.4 Å². The first-order chi connectivity index (χ1) is 37.3. The third-order valence-electron chi connectivity index (χ3n) is 16.7. The third-order valence-corrected chi connectivity index (χ3v) is 16.7. The zero-order chi connectivity index (χ0) is 53.7. The number of benzene rings is 3. The largest absolute Gasteiger partial charge is 0.374 e. The van der Waals surface area contributed by atoms with Gasteiger partial charge in [0, 0.05) is 24.8 Å². The van der Waals surface area contributed by atoms with Crippen LogP contribution in [-0.2, 0) is 53.1 Å². The van der Waals surface area contributed by atoms with Gasteiger partial charge in [-0.25, -0.2) is 0 Å². The molecule has 2 aliphatic rings. The van der Waals surface area contributed by atoms with Crippen LogP contribution in [0.1, 0.15) is 224 Å². The fourth-order valence-electron chi connectivity index (χ4n) is 11.4. The third kappa shape index (κ3) is 25.9. The second-order valence-corrected chi connectivity index (χ2v) is 23.0. The van der Waals surface area contributed by atoms with Crippen molar-refractivity contribution in [3.63, 3.8) is 0 Å². The molecule has 2 fully saturated rings. The molecule has 426 valence electrons. The molecule has 1 saturated carbocycles. The number of hydrogen-bond donors (Lipinski definition) is 2. The van der Waals surface area contributed by atoms with E-state index in [1.807, 2.05) is 30.3 Å². The molecule has 0 radical (unpaired) electrons. The van der Waals surface area contributed by atoms with Gasteiger partial charge in [0.15, 0.2) is 6.29 Å². The van der Waals surface area contributed by atoms with Crippen LogP contribution in [0.25, 0.3) is 0 Å². The molecule has 1 heterocycles. The lowest BCUT2D eigenvalue weighted by molar-refractivity contribution is -0.262. The zero-order valence-electron chi connectivity index (χ0n) is 48.3. The molecule has 76 heavy (non-hydrogen) atoms. The summed E-state index contributed by atoms with van der Waals surface area (Å²) in [5, 5.41) is 6.70. The molecule has 9 nitrogen and oxygen atoms in total. The Morgan fingerprint density at radius 2 is 1.07 bits per heavy atom. The molecule has 5 rings (SSSR count). The molecule has 3 aromatic rings. The van der Waals surface area contributed by atoms with Crippen LogP contribution < -0.4 is 10.6 Å². The molecule has 0 spiro atoms. The second-order valence-electron chi connectivity index (χ2n) is 23.0. The standard InChI is InChI=1S/C67H106N2O7/c1-5-6-7-8-9-10-11-12-14-17-20-35-46-62(73-50-58-40-29-24-30-41-58)65(74-51-59-42-31-25-32-43-59)61(52-75-67-56(4)54(2)55(3)63(76-67)53-72-49-57-38-27-23-28-39-57)69-64(70)47-36-21-18-15-13-16-19-22-37-48-68-66(71)60-44-33-26-34-45-60/h23-25,27-32,38-43,54-56,60-63,65,67H,5-22,26,33-37,44-53H2,1-4H3,(H,68,71)(H,69,70)/t54-,55+,56?,61-,62+,63?,65-,67-/m0/s1. The maximum absolute atomic E-state index is 14.3. The summed E-state index contributed by atoms with van der Waals surface area (Å²) in [4.78, 5) is 26.7. The number of carbonyl (C=O) groups excluding carboxylic acids is 2. The van der Waals surface area contributed by atoms with Crippen molar-refractivity contribution in [3.8, 4) is 0 Å². The summed E-state index contributed by atoms with van der Waals surface area (Å²) in [7, 11) is 0. The van der Waals surface area contributed by atoms with Gasteiger partial charge in [0.05, 0.1) is 51.3 Å². The number of unbranched alkanes of at least 4 members (excludes halogenated alkanes) is 19. The lowest BCUT2D eigenvalue weighted by Crippen LogP contribution is -2.54. The molecule has 1 aliphatic heterocycles. The average Bonchev–Trinajstić information content (AvgIpc) is 3.45. The van der Waals surface area contributed by atoms with Crippen molar-refractivity contribution in [2.24, 2.45) is 23.7 Å². The van der Waals surface area contributed by atoms with Gasteiger partial charge in [-0.15, -0.1) is 0 Å². The van der Waals surface area contributed by atoms with Crippen molar-refractivity contribution >= 4 is 11.8 Å². The predicted octanol–water partition coefficient (Wildman–Crippen LogP) is 16.2. The van der Waals surface area contributed by atoms with E-state index in [1.165, 1.54) is 109 Å².